The van der Waals surface area contributed by atoms with Gasteiger partial charge in [0.15, 0.2) is 0 Å². The lowest BCUT2D eigenvalue weighted by molar-refractivity contribution is -0.120. The van der Waals surface area contributed by atoms with E-state index in [9.17, 15) is 14.4 Å². The Labute approximate surface area is 189 Å². The van der Waals surface area contributed by atoms with Crippen LogP contribution in [0.5, 0.6) is 0 Å². The van der Waals surface area contributed by atoms with Crippen molar-refractivity contribution in [2.24, 2.45) is 0 Å². The zero-order valence-electron chi connectivity index (χ0n) is 17.4. The number of carbonyl (C=O) groups is 3. The van der Waals surface area contributed by atoms with Gasteiger partial charge >= 0.3 is 0 Å². The molecular weight excluding hydrogens is 430 g/mol. The van der Waals surface area contributed by atoms with Crippen LogP contribution in [0, 0.1) is 13.8 Å². The van der Waals surface area contributed by atoms with Crippen molar-refractivity contribution in [3.05, 3.63) is 94.0 Å². The van der Waals surface area contributed by atoms with Gasteiger partial charge in [-0.25, -0.2) is 4.90 Å². The minimum absolute atomic E-state index is 0.0364. The van der Waals surface area contributed by atoms with Gasteiger partial charge in [-0.3, -0.25) is 14.4 Å². The number of hydrogen-bond acceptors (Lipinski definition) is 5. The molecule has 0 saturated heterocycles. The Bertz CT molecular complexity index is 1250. The number of rotatable bonds is 6. The van der Waals surface area contributed by atoms with Crippen molar-refractivity contribution in [2.45, 2.75) is 20.4 Å². The molecule has 3 amide bonds. The molecule has 0 bridgehead atoms. The van der Waals surface area contributed by atoms with Gasteiger partial charge in [0.2, 0.25) is 0 Å². The first kappa shape index (κ1) is 21.4. The van der Waals surface area contributed by atoms with E-state index >= 15 is 0 Å². The van der Waals surface area contributed by atoms with Crippen molar-refractivity contribution < 1.29 is 18.8 Å². The van der Waals surface area contributed by atoms with Gasteiger partial charge in [-0.2, -0.15) is 0 Å². The fraction of sp³-hybridized carbons (Fsp3) is 0.125. The van der Waals surface area contributed by atoms with Crippen LogP contribution in [0.2, 0.25) is 0 Å². The highest BCUT2D eigenvalue weighted by Crippen LogP contribution is 2.33. The van der Waals surface area contributed by atoms with Crippen molar-refractivity contribution in [3.63, 3.8) is 0 Å². The number of aryl methyl sites for hydroxylation is 1. The zero-order chi connectivity index (χ0) is 22.8. The molecule has 1 aliphatic rings. The Morgan fingerprint density at radius 1 is 1.03 bits per heavy atom. The summed E-state index contributed by atoms with van der Waals surface area (Å²) in [7, 11) is 0. The Morgan fingerprint density at radius 2 is 1.81 bits per heavy atom. The predicted octanol–water partition coefficient (Wildman–Crippen LogP) is 4.26. The van der Waals surface area contributed by atoms with Gasteiger partial charge < -0.3 is 15.1 Å². The van der Waals surface area contributed by atoms with Crippen LogP contribution in [-0.2, 0) is 16.1 Å². The molecular formula is C24H20ClN3O4. The highest BCUT2D eigenvalue weighted by atomic mass is 35.5. The smallest absolute Gasteiger partial charge is 0.283 e. The first-order chi connectivity index (χ1) is 15.4. The van der Waals surface area contributed by atoms with E-state index in [1.807, 2.05) is 19.9 Å². The quantitative estimate of drug-likeness (QED) is 0.548. The third-order valence-electron chi connectivity index (χ3n) is 5.24. The van der Waals surface area contributed by atoms with Crippen LogP contribution in [0.3, 0.4) is 0 Å². The fourth-order valence-corrected chi connectivity index (χ4v) is 3.59. The van der Waals surface area contributed by atoms with Gasteiger partial charge in [-0.05, 0) is 61.4 Å². The number of nitrogens with one attached hydrogen (secondary N) is 2. The summed E-state index contributed by atoms with van der Waals surface area (Å²) >= 11 is 6.23. The van der Waals surface area contributed by atoms with Crippen molar-refractivity contribution in [2.75, 3.05) is 10.2 Å². The summed E-state index contributed by atoms with van der Waals surface area (Å²) in [5.41, 5.74) is 3.05. The number of carbonyl (C=O) groups excluding carboxylic acids is 3. The maximum atomic E-state index is 13.1. The van der Waals surface area contributed by atoms with Crippen LogP contribution in [0.4, 0.5) is 11.4 Å². The summed E-state index contributed by atoms with van der Waals surface area (Å²) in [5, 5.41) is 5.46. The lowest BCUT2D eigenvalue weighted by Crippen LogP contribution is -2.33. The Balaban J connectivity index is 1.53. The molecule has 1 aromatic heterocycles. The third kappa shape index (κ3) is 4.02. The van der Waals surface area contributed by atoms with E-state index in [-0.39, 0.29) is 23.2 Å². The van der Waals surface area contributed by atoms with E-state index in [1.165, 1.54) is 6.26 Å². The molecule has 32 heavy (non-hydrogen) atoms. The van der Waals surface area contributed by atoms with Crippen LogP contribution in [-0.4, -0.2) is 17.7 Å². The number of imide groups is 1. The minimum atomic E-state index is -0.597. The summed E-state index contributed by atoms with van der Waals surface area (Å²) in [6.07, 6.45) is 1.53. The second kappa shape index (κ2) is 8.72. The summed E-state index contributed by atoms with van der Waals surface area (Å²) < 4.78 is 5.21. The number of anilines is 2. The standard InChI is InChI=1S/C24H20ClN3O4/c1-14-6-3-10-19(15(14)2)28-23(30)20(25)21(24(28)31)27-17-8-4-7-16(12-17)22(29)26-13-18-9-5-11-32-18/h3-12,27H,13H2,1-2H3,(H,26,29). The maximum absolute atomic E-state index is 13.1. The molecule has 0 atom stereocenters. The predicted molar refractivity (Wildman–Crippen MR) is 121 cm³/mol. The molecule has 2 N–H and O–H groups in total. The van der Waals surface area contributed by atoms with E-state index in [1.54, 1.807) is 48.5 Å². The maximum Gasteiger partial charge on any atom is 0.283 e. The molecule has 2 aromatic carbocycles. The molecule has 0 radical (unpaired) electrons. The van der Waals surface area contributed by atoms with Crippen LogP contribution in [0.1, 0.15) is 27.2 Å². The second-order valence-electron chi connectivity index (χ2n) is 7.32. The lowest BCUT2D eigenvalue weighted by atomic mass is 10.1. The molecule has 3 aromatic rings. The first-order valence-electron chi connectivity index (χ1n) is 9.89. The van der Waals surface area contributed by atoms with Gasteiger partial charge in [0.25, 0.3) is 17.7 Å². The molecule has 4 rings (SSSR count). The van der Waals surface area contributed by atoms with Gasteiger partial charge in [0.1, 0.15) is 16.5 Å². The Hall–Kier alpha value is -3.84. The van der Waals surface area contributed by atoms with Crippen LogP contribution < -0.4 is 15.5 Å². The first-order valence-corrected chi connectivity index (χ1v) is 10.3. The highest BCUT2D eigenvalue weighted by molar-refractivity contribution is 6.53. The zero-order valence-corrected chi connectivity index (χ0v) is 18.2. The average Bonchev–Trinajstić information content (AvgIpc) is 3.38. The van der Waals surface area contributed by atoms with Crippen LogP contribution >= 0.6 is 11.6 Å². The largest absolute Gasteiger partial charge is 0.467 e. The SMILES string of the molecule is Cc1cccc(N2C(=O)C(Cl)=C(Nc3cccc(C(=O)NCc4ccco4)c3)C2=O)c1C. The topological polar surface area (TPSA) is 91.7 Å². The summed E-state index contributed by atoms with van der Waals surface area (Å²) in [6, 6.07) is 15.5. The minimum Gasteiger partial charge on any atom is -0.467 e. The van der Waals surface area contributed by atoms with Crippen LogP contribution in [0.25, 0.3) is 0 Å². The highest BCUT2D eigenvalue weighted by Gasteiger charge is 2.39. The fourth-order valence-electron chi connectivity index (χ4n) is 3.37. The third-order valence-corrected chi connectivity index (χ3v) is 5.59. The van der Waals surface area contributed by atoms with E-state index < -0.39 is 11.8 Å². The summed E-state index contributed by atoms with van der Waals surface area (Å²) in [4.78, 5) is 39.3. The van der Waals surface area contributed by atoms with E-state index in [4.69, 9.17) is 16.0 Å². The number of furan rings is 1. The molecule has 0 saturated carbocycles. The molecule has 0 fully saturated rings. The van der Waals surface area contributed by atoms with Crippen molar-refractivity contribution in [3.8, 4) is 0 Å². The van der Waals surface area contributed by atoms with Crippen molar-refractivity contribution in [1.82, 2.24) is 5.32 Å². The van der Waals surface area contributed by atoms with E-state index in [0.29, 0.717) is 22.7 Å². The van der Waals surface area contributed by atoms with Crippen molar-refractivity contribution >= 4 is 40.7 Å². The number of hydrogen-bond donors (Lipinski definition) is 2. The van der Waals surface area contributed by atoms with Gasteiger partial charge in [0.05, 0.1) is 18.5 Å². The van der Waals surface area contributed by atoms with Crippen molar-refractivity contribution in [1.29, 1.82) is 0 Å². The van der Waals surface area contributed by atoms with Crippen LogP contribution in [0.15, 0.2) is 76.0 Å². The monoisotopic (exact) mass is 449 g/mol. The molecule has 0 unspecified atom stereocenters. The average molecular weight is 450 g/mol. The molecule has 8 heteroatoms. The Kier molecular flexibility index (Phi) is 5.83. The molecule has 7 nitrogen and oxygen atoms in total. The van der Waals surface area contributed by atoms with Gasteiger partial charge in [-0.1, -0.05) is 29.8 Å². The molecule has 0 aliphatic carbocycles. The lowest BCUT2D eigenvalue weighted by Gasteiger charge is -2.18. The van der Waals surface area contributed by atoms with E-state index in [0.717, 1.165) is 16.0 Å². The number of benzene rings is 2. The normalized spacial score (nSPS) is 13.7. The molecule has 0 spiro atoms. The number of halogens is 1. The number of amides is 3. The number of nitrogens with zero attached hydrogens (tertiary/aromatic N) is 1. The second-order valence-corrected chi connectivity index (χ2v) is 7.70. The molecule has 162 valence electrons. The van der Waals surface area contributed by atoms with Gasteiger partial charge in [0, 0.05) is 11.3 Å². The van der Waals surface area contributed by atoms with Gasteiger partial charge in [-0.15, -0.1) is 0 Å². The summed E-state index contributed by atoms with van der Waals surface area (Å²) in [5.74, 6) is -0.830. The van der Waals surface area contributed by atoms with E-state index in [2.05, 4.69) is 10.6 Å². The molecule has 1 aliphatic heterocycles. The summed E-state index contributed by atoms with van der Waals surface area (Å²) in [6.45, 7) is 3.99. The Morgan fingerprint density at radius 3 is 2.56 bits per heavy atom. The molecule has 2 heterocycles.